The Hall–Kier alpha value is -1.39. The number of hydrogen-bond donors (Lipinski definition) is 2. The molecule has 3 nitrogen and oxygen atoms in total. The number of H-pyrrole nitrogens is 1. The summed E-state index contributed by atoms with van der Waals surface area (Å²) in [5, 5.41) is 8.62. The highest BCUT2D eigenvalue weighted by Gasteiger charge is 2.45. The Morgan fingerprint density at radius 1 is 1.71 bits per heavy atom. The zero-order valence-corrected chi connectivity index (χ0v) is 7.47. The van der Waals surface area contributed by atoms with E-state index in [1.54, 1.807) is 6.92 Å². The number of halogens is 2. The van der Waals surface area contributed by atoms with E-state index in [-0.39, 0.29) is 23.7 Å². The van der Waals surface area contributed by atoms with Crippen LogP contribution in [0.2, 0.25) is 0 Å². The summed E-state index contributed by atoms with van der Waals surface area (Å²) in [4.78, 5) is 12.8. The molecule has 76 valence electrons. The van der Waals surface area contributed by atoms with Gasteiger partial charge in [-0.15, -0.1) is 0 Å². The first-order valence-electron chi connectivity index (χ1n) is 4.26. The predicted octanol–water partition coefficient (Wildman–Crippen LogP) is 2.31. The number of alkyl halides is 2. The summed E-state index contributed by atoms with van der Waals surface area (Å²) in [6, 6.07) is 1.29. The number of rotatable bonds is 1. The van der Waals surface area contributed by atoms with Crippen molar-refractivity contribution in [1.82, 2.24) is 4.98 Å². The first-order chi connectivity index (χ1) is 6.42. The number of nitrogens with one attached hydrogen (secondary N) is 1. The molecule has 5 heteroatoms. The van der Waals surface area contributed by atoms with E-state index in [1.165, 1.54) is 6.07 Å². The Morgan fingerprint density at radius 3 is 2.86 bits per heavy atom. The van der Waals surface area contributed by atoms with E-state index in [2.05, 4.69) is 4.98 Å². The van der Waals surface area contributed by atoms with E-state index < -0.39 is 11.9 Å². The topological polar surface area (TPSA) is 53.1 Å². The van der Waals surface area contributed by atoms with Gasteiger partial charge in [-0.2, -0.15) is 8.78 Å². The summed E-state index contributed by atoms with van der Waals surface area (Å²) in [6.07, 6.45) is -0.242. The summed E-state index contributed by atoms with van der Waals surface area (Å²) in [7, 11) is 0. The van der Waals surface area contributed by atoms with Crippen LogP contribution in [-0.2, 0) is 5.92 Å². The van der Waals surface area contributed by atoms with E-state index in [9.17, 15) is 13.6 Å². The molecule has 2 N–H and O–H groups in total. The molecule has 1 aliphatic rings. The Bertz CT molecular complexity index is 398. The lowest BCUT2D eigenvalue weighted by Crippen LogP contribution is -2.10. The number of fused-ring (bicyclic) bond motifs is 1. The third-order valence-corrected chi connectivity index (χ3v) is 2.54. The average Bonchev–Trinajstić information content (AvgIpc) is 2.53. The number of carboxylic acids is 1. The number of carboxylic acid groups (broad SMARTS) is 1. The third-order valence-electron chi connectivity index (χ3n) is 2.54. The van der Waals surface area contributed by atoms with Crippen molar-refractivity contribution in [2.75, 3.05) is 0 Å². The smallest absolute Gasteiger partial charge is 0.352 e. The van der Waals surface area contributed by atoms with Crippen LogP contribution < -0.4 is 0 Å². The molecule has 0 bridgehead atoms. The Kier molecular flexibility index (Phi) is 1.68. The zero-order valence-electron chi connectivity index (χ0n) is 7.47. The molecule has 1 aromatic rings. The third kappa shape index (κ3) is 1.12. The molecule has 0 saturated heterocycles. The Balaban J connectivity index is 2.53. The van der Waals surface area contributed by atoms with Crippen molar-refractivity contribution in [3.8, 4) is 0 Å². The van der Waals surface area contributed by atoms with Gasteiger partial charge in [0.1, 0.15) is 5.69 Å². The van der Waals surface area contributed by atoms with Crippen molar-refractivity contribution in [1.29, 1.82) is 0 Å². The van der Waals surface area contributed by atoms with E-state index >= 15 is 0 Å². The fourth-order valence-electron chi connectivity index (χ4n) is 1.87. The van der Waals surface area contributed by atoms with Gasteiger partial charge >= 0.3 is 5.97 Å². The maximum absolute atomic E-state index is 13.2. The molecule has 0 saturated carbocycles. The molecule has 0 fully saturated rings. The summed E-state index contributed by atoms with van der Waals surface area (Å²) < 4.78 is 26.5. The molecule has 0 aliphatic heterocycles. The maximum atomic E-state index is 13.2. The van der Waals surface area contributed by atoms with E-state index in [4.69, 9.17) is 5.11 Å². The van der Waals surface area contributed by atoms with Gasteiger partial charge < -0.3 is 10.1 Å². The minimum atomic E-state index is -2.91. The highest BCUT2D eigenvalue weighted by molar-refractivity contribution is 5.86. The van der Waals surface area contributed by atoms with E-state index in [0.717, 1.165) is 0 Å². The molecule has 1 heterocycles. The van der Waals surface area contributed by atoms with Gasteiger partial charge in [0.25, 0.3) is 5.92 Å². The van der Waals surface area contributed by atoms with Gasteiger partial charge in [0.15, 0.2) is 0 Å². The van der Waals surface area contributed by atoms with Crippen LogP contribution >= 0.6 is 0 Å². The highest BCUT2D eigenvalue weighted by atomic mass is 19.3. The van der Waals surface area contributed by atoms with Crippen LogP contribution in [-0.4, -0.2) is 16.1 Å². The number of carbonyl (C=O) groups is 1. The normalized spacial score (nSPS) is 23.5. The van der Waals surface area contributed by atoms with Gasteiger partial charge in [0.05, 0.1) is 5.69 Å². The molecular weight excluding hydrogens is 192 g/mol. The lowest BCUT2D eigenvalue weighted by atomic mass is 10.1. The van der Waals surface area contributed by atoms with Crippen molar-refractivity contribution in [3.63, 3.8) is 0 Å². The van der Waals surface area contributed by atoms with Crippen molar-refractivity contribution >= 4 is 5.97 Å². The highest BCUT2D eigenvalue weighted by Crippen LogP contribution is 2.47. The van der Waals surface area contributed by atoms with Crippen LogP contribution in [0.3, 0.4) is 0 Å². The van der Waals surface area contributed by atoms with Gasteiger partial charge in [0.2, 0.25) is 0 Å². The molecule has 0 unspecified atom stereocenters. The van der Waals surface area contributed by atoms with E-state index in [1.807, 2.05) is 0 Å². The average molecular weight is 201 g/mol. The summed E-state index contributed by atoms with van der Waals surface area (Å²) in [5.41, 5.74) is 0.0241. The lowest BCUT2D eigenvalue weighted by molar-refractivity contribution is -0.00975. The summed E-state index contributed by atoms with van der Waals surface area (Å²) in [5.74, 6) is -4.41. The quantitative estimate of drug-likeness (QED) is 0.732. The van der Waals surface area contributed by atoms with Gasteiger partial charge in [0, 0.05) is 6.42 Å². The second kappa shape index (κ2) is 2.56. The first-order valence-corrected chi connectivity index (χ1v) is 4.26. The van der Waals surface area contributed by atoms with Crippen molar-refractivity contribution in [2.45, 2.75) is 25.2 Å². The number of aromatic carboxylic acids is 1. The fourth-order valence-corrected chi connectivity index (χ4v) is 1.87. The van der Waals surface area contributed by atoms with E-state index in [0.29, 0.717) is 5.56 Å². The van der Waals surface area contributed by atoms with Gasteiger partial charge in [-0.1, -0.05) is 6.92 Å². The second-order valence-corrected chi connectivity index (χ2v) is 3.63. The van der Waals surface area contributed by atoms with Crippen LogP contribution in [0.1, 0.15) is 41.0 Å². The van der Waals surface area contributed by atoms with Crippen molar-refractivity contribution in [3.05, 3.63) is 23.0 Å². The molecule has 1 aliphatic carbocycles. The molecule has 1 atom stereocenters. The fraction of sp³-hybridized carbons (Fsp3) is 0.444. The van der Waals surface area contributed by atoms with Crippen LogP contribution in [0.4, 0.5) is 8.78 Å². The molecule has 0 radical (unpaired) electrons. The Morgan fingerprint density at radius 2 is 2.36 bits per heavy atom. The SMILES string of the molecule is C[C@H]1CC(F)(F)c2[nH]c(C(=O)O)cc21. The first kappa shape index (κ1) is 9.18. The van der Waals surface area contributed by atoms with Crippen LogP contribution in [0, 0.1) is 0 Å². The van der Waals surface area contributed by atoms with Gasteiger partial charge in [-0.05, 0) is 17.5 Å². The second-order valence-electron chi connectivity index (χ2n) is 3.63. The molecule has 0 spiro atoms. The molecule has 0 amide bonds. The minimum Gasteiger partial charge on any atom is -0.477 e. The molecular formula is C9H9F2NO2. The zero-order chi connectivity index (χ0) is 10.5. The Labute approximate surface area is 78.7 Å². The van der Waals surface area contributed by atoms with Crippen LogP contribution in [0.25, 0.3) is 0 Å². The standard InChI is InChI=1S/C9H9F2NO2/c1-4-3-9(10,11)7-5(4)2-6(12-7)8(13)14/h2,4,12H,3H2,1H3,(H,13,14)/t4-/m0/s1. The predicted molar refractivity (Wildman–Crippen MR) is 44.7 cm³/mol. The summed E-state index contributed by atoms with van der Waals surface area (Å²) >= 11 is 0. The summed E-state index contributed by atoms with van der Waals surface area (Å²) in [6.45, 7) is 1.67. The van der Waals surface area contributed by atoms with Crippen LogP contribution in [0.5, 0.6) is 0 Å². The van der Waals surface area contributed by atoms with Crippen molar-refractivity contribution < 1.29 is 18.7 Å². The minimum absolute atomic E-state index is 0.166. The van der Waals surface area contributed by atoms with Crippen LogP contribution in [0.15, 0.2) is 6.07 Å². The lowest BCUT2D eigenvalue weighted by Gasteiger charge is -2.08. The van der Waals surface area contributed by atoms with Crippen molar-refractivity contribution in [2.24, 2.45) is 0 Å². The molecule has 1 aromatic heterocycles. The number of hydrogen-bond acceptors (Lipinski definition) is 1. The maximum Gasteiger partial charge on any atom is 0.352 e. The van der Waals surface area contributed by atoms with Gasteiger partial charge in [-0.3, -0.25) is 0 Å². The monoisotopic (exact) mass is 201 g/mol. The largest absolute Gasteiger partial charge is 0.477 e. The number of aromatic nitrogens is 1. The number of aromatic amines is 1. The molecule has 0 aromatic carbocycles. The van der Waals surface area contributed by atoms with Gasteiger partial charge in [-0.25, -0.2) is 4.79 Å². The molecule has 2 rings (SSSR count). The molecule has 14 heavy (non-hydrogen) atoms.